The monoisotopic (exact) mass is 163 g/mol. The lowest BCUT2D eigenvalue weighted by atomic mass is 10.3. The van der Waals surface area contributed by atoms with Crippen molar-refractivity contribution in [1.29, 1.82) is 0 Å². The minimum absolute atomic E-state index is 0.242. The van der Waals surface area contributed by atoms with Crippen molar-refractivity contribution in [3.63, 3.8) is 0 Å². The lowest BCUT2D eigenvalue weighted by Gasteiger charge is -2.18. The fourth-order valence-corrected chi connectivity index (χ4v) is 1.30. The van der Waals surface area contributed by atoms with E-state index < -0.39 is 13.9 Å². The van der Waals surface area contributed by atoms with E-state index in [1.807, 2.05) is 0 Å². The Bertz CT molecular complexity index is 158. The van der Waals surface area contributed by atoms with Gasteiger partial charge >= 0.3 is 8.74 Å². The Morgan fingerprint density at radius 1 is 1.60 bits per heavy atom. The molecular formula is C6H11F2NSi. The summed E-state index contributed by atoms with van der Waals surface area (Å²) < 4.78 is 25.4. The van der Waals surface area contributed by atoms with E-state index in [-0.39, 0.29) is 6.42 Å². The molecule has 0 heterocycles. The standard InChI is InChI=1S/C6H11F2NSi/c1-5-6(2,9-3)10(4,7)8/h5H2,1-2,4H3. The summed E-state index contributed by atoms with van der Waals surface area (Å²) in [5.41, 5.74) is 0. The summed E-state index contributed by atoms with van der Waals surface area (Å²) in [6.45, 7) is 10.5. The molecule has 0 aliphatic heterocycles. The third-order valence-corrected chi connectivity index (χ3v) is 4.24. The molecule has 0 rings (SSSR count). The van der Waals surface area contributed by atoms with Gasteiger partial charge in [0.2, 0.25) is 0 Å². The van der Waals surface area contributed by atoms with Crippen molar-refractivity contribution in [2.45, 2.75) is 32.0 Å². The molecule has 1 nitrogen and oxygen atoms in total. The van der Waals surface area contributed by atoms with Crippen molar-refractivity contribution in [1.82, 2.24) is 0 Å². The summed E-state index contributed by atoms with van der Waals surface area (Å²) in [6, 6.07) is 0. The average Bonchev–Trinajstić information content (AvgIpc) is 1.84. The van der Waals surface area contributed by atoms with Crippen LogP contribution in [0.3, 0.4) is 0 Å². The molecular weight excluding hydrogens is 152 g/mol. The van der Waals surface area contributed by atoms with Crippen molar-refractivity contribution >= 4 is 8.74 Å². The quantitative estimate of drug-likeness (QED) is 0.335. The first-order valence-electron chi connectivity index (χ1n) is 3.14. The van der Waals surface area contributed by atoms with E-state index in [4.69, 9.17) is 6.57 Å². The molecule has 0 N–H and O–H groups in total. The van der Waals surface area contributed by atoms with E-state index in [0.29, 0.717) is 0 Å². The zero-order chi connectivity index (χ0) is 8.41. The molecule has 0 aromatic carbocycles. The Balaban J connectivity index is 4.54. The van der Waals surface area contributed by atoms with Gasteiger partial charge in [-0.25, -0.2) is 6.57 Å². The molecule has 0 radical (unpaired) electrons. The van der Waals surface area contributed by atoms with Crippen LogP contribution in [0.25, 0.3) is 4.85 Å². The molecule has 0 aliphatic carbocycles. The highest BCUT2D eigenvalue weighted by Crippen LogP contribution is 2.29. The molecule has 0 aliphatic rings. The molecule has 58 valence electrons. The van der Waals surface area contributed by atoms with Crippen LogP contribution in [0.4, 0.5) is 8.22 Å². The second kappa shape index (κ2) is 2.66. The number of hydrogen-bond donors (Lipinski definition) is 0. The largest absolute Gasteiger partial charge is 0.507 e. The topological polar surface area (TPSA) is 4.36 Å². The molecule has 1 unspecified atom stereocenters. The van der Waals surface area contributed by atoms with Gasteiger partial charge in [-0.05, 0) is 6.55 Å². The van der Waals surface area contributed by atoms with Crippen LogP contribution in [-0.2, 0) is 0 Å². The fourth-order valence-electron chi connectivity index (χ4n) is 0.488. The molecule has 4 heteroatoms. The van der Waals surface area contributed by atoms with Crippen molar-refractivity contribution in [3.8, 4) is 0 Å². The van der Waals surface area contributed by atoms with Crippen molar-refractivity contribution in [3.05, 3.63) is 11.4 Å². The van der Waals surface area contributed by atoms with Crippen LogP contribution in [0.15, 0.2) is 0 Å². The normalized spacial score (nSPS) is 17.6. The van der Waals surface area contributed by atoms with Crippen molar-refractivity contribution in [2.75, 3.05) is 0 Å². The molecule has 1 atom stereocenters. The van der Waals surface area contributed by atoms with Crippen LogP contribution in [0.5, 0.6) is 0 Å². The summed E-state index contributed by atoms with van der Waals surface area (Å²) in [4.78, 5) is 2.97. The van der Waals surface area contributed by atoms with E-state index in [0.717, 1.165) is 6.55 Å². The molecule has 0 fully saturated rings. The van der Waals surface area contributed by atoms with E-state index in [2.05, 4.69) is 4.85 Å². The zero-order valence-electron chi connectivity index (χ0n) is 6.41. The van der Waals surface area contributed by atoms with Crippen LogP contribution in [-0.4, -0.2) is 13.9 Å². The number of hydrogen-bond acceptors (Lipinski definition) is 0. The Morgan fingerprint density at radius 3 is 2.00 bits per heavy atom. The second-order valence-corrected chi connectivity index (χ2v) is 5.48. The van der Waals surface area contributed by atoms with Gasteiger partial charge in [0.05, 0.1) is 0 Å². The van der Waals surface area contributed by atoms with Gasteiger partial charge in [-0.15, -0.1) is 0 Å². The molecule has 10 heavy (non-hydrogen) atoms. The van der Waals surface area contributed by atoms with E-state index >= 15 is 0 Å². The van der Waals surface area contributed by atoms with Crippen LogP contribution >= 0.6 is 0 Å². The van der Waals surface area contributed by atoms with E-state index in [9.17, 15) is 8.22 Å². The smallest absolute Gasteiger partial charge is 0.309 e. The maximum atomic E-state index is 12.7. The Morgan fingerprint density at radius 2 is 2.00 bits per heavy atom. The summed E-state index contributed by atoms with van der Waals surface area (Å²) in [7, 11) is -4.27. The molecule has 0 saturated heterocycles. The zero-order valence-corrected chi connectivity index (χ0v) is 7.41. The summed E-state index contributed by atoms with van der Waals surface area (Å²) in [5.74, 6) is 0. The first-order valence-corrected chi connectivity index (χ1v) is 5.39. The Kier molecular flexibility index (Phi) is 2.55. The highest BCUT2D eigenvalue weighted by atomic mass is 28.4. The van der Waals surface area contributed by atoms with Crippen LogP contribution in [0.2, 0.25) is 6.55 Å². The third kappa shape index (κ3) is 1.54. The first kappa shape index (κ1) is 9.57. The van der Waals surface area contributed by atoms with Gasteiger partial charge in [0.25, 0.3) is 5.16 Å². The molecule has 0 amide bonds. The molecule has 0 bridgehead atoms. The van der Waals surface area contributed by atoms with Crippen LogP contribution in [0, 0.1) is 6.57 Å². The maximum absolute atomic E-state index is 12.7. The van der Waals surface area contributed by atoms with Crippen molar-refractivity contribution in [2.24, 2.45) is 0 Å². The van der Waals surface area contributed by atoms with Crippen molar-refractivity contribution < 1.29 is 8.22 Å². The molecule has 0 aromatic rings. The molecule has 0 aromatic heterocycles. The maximum Gasteiger partial charge on any atom is 0.507 e. The molecule has 0 spiro atoms. The van der Waals surface area contributed by atoms with Gasteiger partial charge in [0, 0.05) is 13.3 Å². The minimum atomic E-state index is -4.27. The lowest BCUT2D eigenvalue weighted by Crippen LogP contribution is -2.44. The highest BCUT2D eigenvalue weighted by Gasteiger charge is 2.56. The minimum Gasteiger partial charge on any atom is -0.309 e. The molecule has 0 saturated carbocycles. The summed E-state index contributed by atoms with van der Waals surface area (Å²) in [5, 5.41) is -1.38. The van der Waals surface area contributed by atoms with Crippen LogP contribution < -0.4 is 0 Å². The first-order chi connectivity index (χ1) is 4.37. The van der Waals surface area contributed by atoms with Gasteiger partial charge in [-0.3, -0.25) is 8.22 Å². The van der Waals surface area contributed by atoms with E-state index in [1.165, 1.54) is 6.92 Å². The highest BCUT2D eigenvalue weighted by molar-refractivity contribution is 6.68. The van der Waals surface area contributed by atoms with Gasteiger partial charge < -0.3 is 4.85 Å². The fraction of sp³-hybridized carbons (Fsp3) is 0.833. The van der Waals surface area contributed by atoms with Gasteiger partial charge in [-0.1, -0.05) is 6.92 Å². The van der Waals surface area contributed by atoms with E-state index in [1.54, 1.807) is 6.92 Å². The Labute approximate surface area is 61.2 Å². The Hall–Kier alpha value is -0.433. The SMILES string of the molecule is [C-]#[N+]C(C)(CC)[Si](C)(F)F. The van der Waals surface area contributed by atoms with Gasteiger partial charge in [0.1, 0.15) is 0 Å². The predicted octanol–water partition coefficient (Wildman–Crippen LogP) is 2.62. The summed E-state index contributed by atoms with van der Waals surface area (Å²) >= 11 is 0. The number of rotatable bonds is 2. The second-order valence-electron chi connectivity index (χ2n) is 2.63. The van der Waals surface area contributed by atoms with Gasteiger partial charge in [-0.2, -0.15) is 0 Å². The predicted molar refractivity (Wildman–Crippen MR) is 39.1 cm³/mol. The average molecular weight is 163 g/mol. The van der Waals surface area contributed by atoms with Crippen LogP contribution in [0.1, 0.15) is 20.3 Å². The third-order valence-electron chi connectivity index (χ3n) is 1.88. The van der Waals surface area contributed by atoms with Gasteiger partial charge in [0.15, 0.2) is 0 Å². The lowest BCUT2D eigenvalue weighted by molar-refractivity contribution is 0.509. The number of halogens is 2. The number of nitrogens with zero attached hydrogens (tertiary/aromatic N) is 1. The summed E-state index contributed by atoms with van der Waals surface area (Å²) in [6.07, 6.45) is 0.242.